The van der Waals surface area contributed by atoms with Crippen LogP contribution in [0, 0.1) is 0 Å². The third kappa shape index (κ3) is 2.89. The fourth-order valence-electron chi connectivity index (χ4n) is 3.17. The van der Waals surface area contributed by atoms with Gasteiger partial charge in [0.1, 0.15) is 10.6 Å². The molecule has 2 aromatic carbocycles. The van der Waals surface area contributed by atoms with Gasteiger partial charge < -0.3 is 5.11 Å². The number of carboxylic acid groups (broad SMARTS) is 1. The number of aromatic carboxylic acids is 1. The monoisotopic (exact) mass is 408 g/mol. The standard InChI is InChI=1S/C20H12N2O6S/c23-16(21-28)11-7-5-10(6-8-11)14-9-29-19(15(14)20(26)27)22-17(24)12-3-1-2-4-13(12)18(22)25/h1-9,28H,(H,21,23)(H,26,27). The molecule has 0 saturated heterocycles. The van der Waals surface area contributed by atoms with Crippen molar-refractivity contribution in [2.24, 2.45) is 0 Å². The Morgan fingerprint density at radius 1 is 0.897 bits per heavy atom. The molecular formula is C20H12N2O6S. The van der Waals surface area contributed by atoms with Crippen molar-refractivity contribution < 1.29 is 29.5 Å². The van der Waals surface area contributed by atoms with Crippen molar-refractivity contribution in [3.8, 4) is 11.1 Å². The van der Waals surface area contributed by atoms with Crippen LogP contribution < -0.4 is 10.4 Å². The van der Waals surface area contributed by atoms with Gasteiger partial charge in [-0.3, -0.25) is 19.6 Å². The van der Waals surface area contributed by atoms with Crippen LogP contribution in [0.15, 0.2) is 53.9 Å². The van der Waals surface area contributed by atoms with Gasteiger partial charge in [0.25, 0.3) is 17.7 Å². The first-order valence-corrected chi connectivity index (χ1v) is 9.19. The SMILES string of the molecule is O=C(NO)c1ccc(-c2csc(N3C(=O)c4ccccc4C3=O)c2C(=O)O)cc1. The highest BCUT2D eigenvalue weighted by atomic mass is 32.1. The van der Waals surface area contributed by atoms with Crippen molar-refractivity contribution in [1.29, 1.82) is 0 Å². The summed E-state index contributed by atoms with van der Waals surface area (Å²) in [5.41, 5.74) is 2.77. The smallest absolute Gasteiger partial charge is 0.339 e. The average Bonchev–Trinajstić information content (AvgIpc) is 3.27. The molecule has 0 atom stereocenters. The molecule has 0 radical (unpaired) electrons. The Kier molecular flexibility index (Phi) is 4.45. The van der Waals surface area contributed by atoms with E-state index in [1.165, 1.54) is 41.9 Å². The maximum Gasteiger partial charge on any atom is 0.339 e. The van der Waals surface area contributed by atoms with Crippen molar-refractivity contribution >= 4 is 40.0 Å². The van der Waals surface area contributed by atoms with E-state index in [0.29, 0.717) is 11.1 Å². The van der Waals surface area contributed by atoms with E-state index >= 15 is 0 Å². The summed E-state index contributed by atoms with van der Waals surface area (Å²) < 4.78 is 0. The third-order valence-electron chi connectivity index (χ3n) is 4.54. The molecule has 8 nitrogen and oxygen atoms in total. The molecule has 1 aliphatic heterocycles. The van der Waals surface area contributed by atoms with Crippen LogP contribution in [-0.2, 0) is 0 Å². The van der Waals surface area contributed by atoms with E-state index < -0.39 is 23.7 Å². The third-order valence-corrected chi connectivity index (χ3v) is 5.51. The number of hydroxylamine groups is 1. The Morgan fingerprint density at radius 2 is 1.48 bits per heavy atom. The zero-order valence-corrected chi connectivity index (χ0v) is 15.4. The zero-order chi connectivity index (χ0) is 20.7. The molecule has 144 valence electrons. The number of thiophene rings is 1. The van der Waals surface area contributed by atoms with Crippen LogP contribution in [0.4, 0.5) is 5.00 Å². The fraction of sp³-hybridized carbons (Fsp3) is 0. The molecular weight excluding hydrogens is 396 g/mol. The molecule has 0 bridgehead atoms. The Morgan fingerprint density at radius 3 is 2.00 bits per heavy atom. The van der Waals surface area contributed by atoms with Crippen LogP contribution in [0.25, 0.3) is 11.1 Å². The molecule has 9 heteroatoms. The number of carboxylic acids is 1. The Hall–Kier alpha value is -3.82. The number of rotatable bonds is 4. The minimum Gasteiger partial charge on any atom is -0.478 e. The van der Waals surface area contributed by atoms with E-state index in [1.54, 1.807) is 17.5 Å². The molecule has 29 heavy (non-hydrogen) atoms. The summed E-state index contributed by atoms with van der Waals surface area (Å²) in [4.78, 5) is 49.8. The highest BCUT2D eigenvalue weighted by molar-refractivity contribution is 7.15. The lowest BCUT2D eigenvalue weighted by molar-refractivity contribution is 0.0694. The predicted molar refractivity (Wildman–Crippen MR) is 104 cm³/mol. The van der Waals surface area contributed by atoms with E-state index in [9.17, 15) is 24.3 Å². The lowest BCUT2D eigenvalue weighted by Gasteiger charge is -2.13. The van der Waals surface area contributed by atoms with Gasteiger partial charge in [-0.15, -0.1) is 11.3 Å². The molecule has 1 aromatic heterocycles. The van der Waals surface area contributed by atoms with E-state index in [4.69, 9.17) is 5.21 Å². The van der Waals surface area contributed by atoms with Crippen molar-refractivity contribution in [3.05, 3.63) is 76.2 Å². The molecule has 4 rings (SSSR count). The number of hydrogen-bond donors (Lipinski definition) is 3. The summed E-state index contributed by atoms with van der Waals surface area (Å²) in [7, 11) is 0. The Bertz CT molecular complexity index is 1150. The fourth-order valence-corrected chi connectivity index (χ4v) is 4.24. The molecule has 0 aliphatic carbocycles. The van der Waals surface area contributed by atoms with Gasteiger partial charge >= 0.3 is 5.97 Å². The minimum atomic E-state index is -1.29. The summed E-state index contributed by atoms with van der Waals surface area (Å²) in [5, 5.41) is 20.1. The largest absolute Gasteiger partial charge is 0.478 e. The summed E-state index contributed by atoms with van der Waals surface area (Å²) >= 11 is 0.974. The Labute approximate surface area is 167 Å². The maximum absolute atomic E-state index is 12.7. The molecule has 3 aromatic rings. The summed E-state index contributed by atoms with van der Waals surface area (Å²) in [6.45, 7) is 0. The Balaban J connectivity index is 1.79. The van der Waals surface area contributed by atoms with Crippen LogP contribution in [0.3, 0.4) is 0 Å². The highest BCUT2D eigenvalue weighted by Crippen LogP contribution is 2.41. The number of hydrogen-bond acceptors (Lipinski definition) is 6. The first kappa shape index (κ1) is 18.5. The number of anilines is 1. The first-order chi connectivity index (χ1) is 13.9. The van der Waals surface area contributed by atoms with Crippen LogP contribution >= 0.6 is 11.3 Å². The van der Waals surface area contributed by atoms with Crippen molar-refractivity contribution in [2.75, 3.05) is 4.90 Å². The highest BCUT2D eigenvalue weighted by Gasteiger charge is 2.39. The van der Waals surface area contributed by atoms with Crippen LogP contribution in [-0.4, -0.2) is 34.0 Å². The van der Waals surface area contributed by atoms with Gasteiger partial charge in [-0.25, -0.2) is 15.2 Å². The number of nitrogens with one attached hydrogen (secondary N) is 1. The van der Waals surface area contributed by atoms with Gasteiger partial charge in [0.05, 0.1) is 11.1 Å². The van der Waals surface area contributed by atoms with Crippen LogP contribution in [0.1, 0.15) is 41.4 Å². The second-order valence-corrected chi connectivity index (χ2v) is 7.00. The zero-order valence-electron chi connectivity index (χ0n) is 14.6. The number of carbonyl (C=O) groups is 4. The van der Waals surface area contributed by atoms with Gasteiger partial charge in [0, 0.05) is 16.5 Å². The molecule has 3 N–H and O–H groups in total. The van der Waals surface area contributed by atoms with Crippen LogP contribution in [0.5, 0.6) is 0 Å². The number of benzene rings is 2. The summed E-state index contributed by atoms with van der Waals surface area (Å²) in [6.07, 6.45) is 0. The second-order valence-electron chi connectivity index (χ2n) is 6.14. The summed E-state index contributed by atoms with van der Waals surface area (Å²) in [5.74, 6) is -3.13. The van der Waals surface area contributed by atoms with Crippen LogP contribution in [0.2, 0.25) is 0 Å². The van der Waals surface area contributed by atoms with Gasteiger partial charge in [0.15, 0.2) is 0 Å². The normalized spacial score (nSPS) is 12.8. The first-order valence-electron chi connectivity index (χ1n) is 8.31. The maximum atomic E-state index is 12.7. The quantitative estimate of drug-likeness (QED) is 0.346. The van der Waals surface area contributed by atoms with Gasteiger partial charge in [0.2, 0.25) is 0 Å². The predicted octanol–water partition coefficient (Wildman–Crippen LogP) is 3.03. The molecule has 2 heterocycles. The van der Waals surface area contributed by atoms with E-state index in [2.05, 4.69) is 0 Å². The van der Waals surface area contributed by atoms with Crippen molar-refractivity contribution in [3.63, 3.8) is 0 Å². The van der Waals surface area contributed by atoms with Crippen molar-refractivity contribution in [1.82, 2.24) is 5.48 Å². The van der Waals surface area contributed by atoms with Crippen molar-refractivity contribution in [2.45, 2.75) is 0 Å². The topological polar surface area (TPSA) is 124 Å². The van der Waals surface area contributed by atoms with E-state index in [1.807, 2.05) is 0 Å². The van der Waals surface area contributed by atoms with Gasteiger partial charge in [-0.2, -0.15) is 0 Å². The molecule has 3 amide bonds. The minimum absolute atomic E-state index is 0.0240. The van der Waals surface area contributed by atoms with Gasteiger partial charge in [-0.1, -0.05) is 24.3 Å². The molecule has 0 spiro atoms. The molecule has 0 saturated carbocycles. The van der Waals surface area contributed by atoms with Gasteiger partial charge in [-0.05, 0) is 29.8 Å². The molecule has 1 aliphatic rings. The lowest BCUT2D eigenvalue weighted by Crippen LogP contribution is -2.30. The number of nitrogens with zero attached hydrogens (tertiary/aromatic N) is 1. The molecule has 0 fully saturated rings. The van der Waals surface area contributed by atoms with E-state index in [-0.39, 0.29) is 27.3 Å². The van der Waals surface area contributed by atoms with E-state index in [0.717, 1.165) is 16.2 Å². The second kappa shape index (κ2) is 6.97. The summed E-state index contributed by atoms with van der Waals surface area (Å²) in [6, 6.07) is 12.2. The average molecular weight is 408 g/mol. The number of imide groups is 1. The molecule has 0 unspecified atom stereocenters. The number of amides is 3. The number of fused-ring (bicyclic) bond motifs is 1. The lowest BCUT2D eigenvalue weighted by atomic mass is 10.0. The number of carbonyl (C=O) groups excluding carboxylic acids is 3.